The molecule has 0 saturated carbocycles. The molecule has 0 saturated heterocycles. The molecule has 1 aliphatic heterocycles. The third-order valence-electron chi connectivity index (χ3n) is 1.98. The van der Waals surface area contributed by atoms with Crippen LogP contribution in [0.25, 0.3) is 0 Å². The highest BCUT2D eigenvalue weighted by Gasteiger charge is 2.16. The molecule has 0 atom stereocenters. The lowest BCUT2D eigenvalue weighted by atomic mass is 10.3. The smallest absolute Gasteiger partial charge is 0.244 e. The monoisotopic (exact) mass is 168 g/mol. The molecule has 0 spiro atoms. The van der Waals surface area contributed by atoms with Crippen molar-refractivity contribution in [2.45, 2.75) is 13.0 Å². The van der Waals surface area contributed by atoms with E-state index < -0.39 is 12.9 Å². The molecule has 2 heterocycles. The van der Waals surface area contributed by atoms with E-state index in [1.165, 1.54) is 0 Å². The van der Waals surface area contributed by atoms with Crippen molar-refractivity contribution in [1.29, 1.82) is 0 Å². The minimum Gasteiger partial charge on any atom is -0.344 e. The van der Waals surface area contributed by atoms with Gasteiger partial charge in [0.05, 0.1) is 0 Å². The van der Waals surface area contributed by atoms with Gasteiger partial charge in [-0.3, -0.25) is 9.48 Å². The zero-order valence-corrected chi connectivity index (χ0v) is 6.53. The number of nitrogens with zero attached hydrogens (tertiary/aromatic N) is 3. The number of carbonyl (C=O) groups is 1. The lowest BCUT2D eigenvalue weighted by Gasteiger charge is -2.11. The van der Waals surface area contributed by atoms with Gasteiger partial charge in [0.2, 0.25) is 5.91 Å². The summed E-state index contributed by atoms with van der Waals surface area (Å²) in [7, 11) is 0. The maximum Gasteiger partial charge on any atom is 0.244 e. The van der Waals surface area contributed by atoms with E-state index in [1.807, 2.05) is 0 Å². The van der Waals surface area contributed by atoms with Crippen LogP contribution in [0.5, 0.6) is 0 Å². The quantitative estimate of drug-likeness (QED) is 0.542. The molecule has 2 rings (SSSR count). The van der Waals surface area contributed by atoms with Crippen molar-refractivity contribution in [3.05, 3.63) is 18.0 Å². The molecule has 0 N–H and O–H groups in total. The molecule has 0 unspecified atom stereocenters. The summed E-state index contributed by atoms with van der Waals surface area (Å²) in [5.41, 5.74) is 0.898. The highest BCUT2D eigenvalue weighted by molar-refractivity contribution is 5.76. The van der Waals surface area contributed by atoms with Crippen molar-refractivity contribution < 1.29 is 8.91 Å². The minimum atomic E-state index is -2.35. The summed E-state index contributed by atoms with van der Waals surface area (Å²) >= 11 is 0. The average Bonchev–Trinajstić information content (AvgIpc) is 2.45. The van der Waals surface area contributed by atoms with Gasteiger partial charge < -0.3 is 4.90 Å². The van der Waals surface area contributed by atoms with Crippen LogP contribution in [-0.2, 0) is 17.8 Å². The Morgan fingerprint density at radius 2 is 2.67 bits per heavy atom. The van der Waals surface area contributed by atoms with Gasteiger partial charge in [-0.15, -0.1) is 0 Å². The van der Waals surface area contributed by atoms with Gasteiger partial charge in [0.1, 0.15) is 6.54 Å². The largest absolute Gasteiger partial charge is 0.344 e. The summed E-state index contributed by atoms with van der Waals surface area (Å²) < 4.78 is 23.2. The van der Waals surface area contributed by atoms with Gasteiger partial charge in [0, 0.05) is 35.9 Å². The highest BCUT2D eigenvalue weighted by Crippen LogP contribution is 2.06. The Labute approximate surface area is 75.0 Å². The maximum absolute atomic E-state index is 11.6. The molecule has 0 fully saturated rings. The van der Waals surface area contributed by atoms with Gasteiger partial charge in [0.25, 0.3) is 0 Å². The molecule has 64 valence electrons. The second-order valence-electron chi connectivity index (χ2n) is 2.78. The van der Waals surface area contributed by atoms with E-state index in [0.29, 0.717) is 6.42 Å². The number of hydrogen-bond donors (Lipinski definition) is 0. The van der Waals surface area contributed by atoms with Crippen LogP contribution in [0.1, 0.15) is 9.81 Å². The molecule has 0 bridgehead atoms. The van der Waals surface area contributed by atoms with E-state index in [1.54, 1.807) is 16.9 Å². The summed E-state index contributed by atoms with van der Waals surface area (Å²) in [4.78, 5) is 12.6. The molecular formula is C8H11N3O. The van der Waals surface area contributed by atoms with Crippen LogP contribution >= 0.6 is 0 Å². The zero-order valence-electron chi connectivity index (χ0n) is 9.53. The molecule has 4 heteroatoms. The van der Waals surface area contributed by atoms with Crippen molar-refractivity contribution in [2.75, 3.05) is 13.5 Å². The van der Waals surface area contributed by atoms with E-state index in [0.717, 1.165) is 10.6 Å². The predicted molar refractivity (Wildman–Crippen MR) is 43.6 cm³/mol. The number of rotatable bonds is 0. The van der Waals surface area contributed by atoms with Gasteiger partial charge in [-0.2, -0.15) is 5.10 Å². The SMILES string of the molecule is [2H]C([2H])([2H])N1CCc2ccnn2CC1=O. The molecule has 0 aromatic carbocycles. The van der Waals surface area contributed by atoms with E-state index in [2.05, 4.69) is 5.10 Å². The molecule has 0 radical (unpaired) electrons. The standard InChI is InChI=1S/C8H11N3O/c1-10-5-3-7-2-4-9-11(7)6-8(10)12/h2,4H,3,5-6H2,1H3/i1D3. The number of amides is 1. The summed E-state index contributed by atoms with van der Waals surface area (Å²) in [5.74, 6) is -0.405. The van der Waals surface area contributed by atoms with Crippen molar-refractivity contribution >= 4 is 5.91 Å². The molecule has 1 aromatic rings. The van der Waals surface area contributed by atoms with Crippen molar-refractivity contribution in [3.8, 4) is 0 Å². The number of likely N-dealkylation sites (N-methyl/N-ethyl adjacent to an activating group) is 1. The number of aromatic nitrogens is 2. The third kappa shape index (κ3) is 1.09. The van der Waals surface area contributed by atoms with Crippen LogP contribution in [0.3, 0.4) is 0 Å². The predicted octanol–water partition coefficient (Wildman–Crippen LogP) is -0.102. The Morgan fingerprint density at radius 1 is 1.75 bits per heavy atom. The Morgan fingerprint density at radius 3 is 3.50 bits per heavy atom. The molecule has 0 aliphatic carbocycles. The Hall–Kier alpha value is -1.32. The first-order chi connectivity index (χ1) is 6.98. The van der Waals surface area contributed by atoms with Crippen molar-refractivity contribution in [3.63, 3.8) is 0 Å². The number of fused-ring (bicyclic) bond motifs is 1. The average molecular weight is 168 g/mol. The molecule has 1 amide bonds. The molecule has 12 heavy (non-hydrogen) atoms. The second-order valence-corrected chi connectivity index (χ2v) is 2.78. The van der Waals surface area contributed by atoms with Crippen LogP contribution in [0.2, 0.25) is 0 Å². The fourth-order valence-corrected chi connectivity index (χ4v) is 1.28. The maximum atomic E-state index is 11.6. The molecule has 1 aromatic heterocycles. The van der Waals surface area contributed by atoms with Crippen LogP contribution < -0.4 is 0 Å². The zero-order chi connectivity index (χ0) is 11.1. The van der Waals surface area contributed by atoms with Gasteiger partial charge in [-0.25, -0.2) is 0 Å². The van der Waals surface area contributed by atoms with E-state index in [9.17, 15) is 4.79 Å². The lowest BCUT2D eigenvalue weighted by Crippen LogP contribution is -2.28. The fraction of sp³-hybridized carbons (Fsp3) is 0.500. The van der Waals surface area contributed by atoms with Crippen LogP contribution in [0.4, 0.5) is 0 Å². The Kier molecular flexibility index (Phi) is 1.01. The van der Waals surface area contributed by atoms with Crippen molar-refractivity contribution in [1.82, 2.24) is 14.7 Å². The summed E-state index contributed by atoms with van der Waals surface area (Å²) in [6.07, 6.45) is 2.15. The normalized spacial score (nSPS) is 22.2. The first-order valence-corrected chi connectivity index (χ1v) is 3.79. The van der Waals surface area contributed by atoms with Crippen molar-refractivity contribution in [2.24, 2.45) is 0 Å². The fourth-order valence-electron chi connectivity index (χ4n) is 1.28. The second kappa shape index (κ2) is 2.62. The first kappa shape index (κ1) is 4.64. The van der Waals surface area contributed by atoms with Gasteiger partial charge >= 0.3 is 0 Å². The molecule has 1 aliphatic rings. The first-order valence-electron chi connectivity index (χ1n) is 5.29. The van der Waals surface area contributed by atoms with Gasteiger partial charge in [-0.05, 0) is 6.07 Å². The van der Waals surface area contributed by atoms with Crippen LogP contribution in [-0.4, -0.2) is 34.1 Å². The summed E-state index contributed by atoms with van der Waals surface area (Å²) in [5, 5.41) is 3.97. The van der Waals surface area contributed by atoms with E-state index in [4.69, 9.17) is 4.11 Å². The lowest BCUT2D eigenvalue weighted by molar-refractivity contribution is -0.130. The van der Waals surface area contributed by atoms with Gasteiger partial charge in [-0.1, -0.05) is 0 Å². The van der Waals surface area contributed by atoms with E-state index >= 15 is 0 Å². The Bertz CT molecular complexity index is 385. The minimum absolute atomic E-state index is 0.0146. The summed E-state index contributed by atoms with van der Waals surface area (Å²) in [6.45, 7) is -2.11. The summed E-state index contributed by atoms with van der Waals surface area (Å²) in [6, 6.07) is 1.80. The van der Waals surface area contributed by atoms with Crippen LogP contribution in [0.15, 0.2) is 12.3 Å². The molecular weight excluding hydrogens is 154 g/mol. The number of hydrogen-bond acceptors (Lipinski definition) is 2. The number of carbonyl (C=O) groups excluding carboxylic acids is 1. The molecule has 4 nitrogen and oxygen atoms in total. The Balaban J connectivity index is 2.24. The topological polar surface area (TPSA) is 38.1 Å². The van der Waals surface area contributed by atoms with Gasteiger partial charge in [0.15, 0.2) is 0 Å². The van der Waals surface area contributed by atoms with Crippen LogP contribution in [0, 0.1) is 0 Å². The third-order valence-corrected chi connectivity index (χ3v) is 1.98. The van der Waals surface area contributed by atoms with E-state index in [-0.39, 0.29) is 13.1 Å². The highest BCUT2D eigenvalue weighted by atomic mass is 16.2.